The number of hydrogen-bond donors (Lipinski definition) is 3. The van der Waals surface area contributed by atoms with Gasteiger partial charge < -0.3 is 49.7 Å². The first-order valence-corrected chi connectivity index (χ1v) is 27.0. The van der Waals surface area contributed by atoms with Gasteiger partial charge in [0, 0.05) is 147 Å². The maximum Gasteiger partial charge on any atom is 0.208 e. The lowest BCUT2D eigenvalue weighted by molar-refractivity contribution is -0.118. The monoisotopic (exact) mass is 1040 g/mol. The lowest BCUT2D eigenvalue weighted by Crippen LogP contribution is -2.45. The summed E-state index contributed by atoms with van der Waals surface area (Å²) in [6.07, 6.45) is 4.13. The maximum atomic E-state index is 12.3. The fraction of sp³-hybridized carbons (Fsp3) is 0.383. The van der Waals surface area contributed by atoms with E-state index in [0.717, 1.165) is 136 Å². The average molecular weight is 1040 g/mol. The summed E-state index contributed by atoms with van der Waals surface area (Å²) < 4.78 is 16.2. The molecule has 2 aliphatic rings. The fourth-order valence-electron chi connectivity index (χ4n) is 9.88. The van der Waals surface area contributed by atoms with E-state index in [-0.39, 0.29) is 5.78 Å². The summed E-state index contributed by atoms with van der Waals surface area (Å²) in [7, 11) is 7.94. The number of aromatic nitrogens is 6. The zero-order valence-corrected chi connectivity index (χ0v) is 46.2. The van der Waals surface area contributed by atoms with E-state index in [1.807, 2.05) is 90.8 Å². The van der Waals surface area contributed by atoms with Gasteiger partial charge in [-0.05, 0) is 124 Å². The van der Waals surface area contributed by atoms with Gasteiger partial charge in [-0.1, -0.05) is 26.0 Å². The summed E-state index contributed by atoms with van der Waals surface area (Å²) in [4.78, 5) is 42.4. The normalized spacial score (nSPS) is 14.7. The molecule has 4 N–H and O–H groups in total. The Morgan fingerprint density at radius 2 is 1.04 bits per heavy atom. The van der Waals surface area contributed by atoms with Crippen LogP contribution in [0.15, 0.2) is 109 Å². The number of nitrogens with zero attached hydrogens (tertiary/aromatic N) is 11. The molecule has 404 valence electrons. The van der Waals surface area contributed by atoms with Crippen LogP contribution < -0.4 is 25.8 Å². The third kappa shape index (κ3) is 14.3. The summed E-state index contributed by atoms with van der Waals surface area (Å²) in [5, 5.41) is 7.00. The Kier molecular flexibility index (Phi) is 17.8. The molecule has 17 nitrogen and oxygen atoms in total. The van der Waals surface area contributed by atoms with Crippen molar-refractivity contribution < 1.29 is 14.3 Å². The van der Waals surface area contributed by atoms with Crippen LogP contribution in [-0.4, -0.2) is 145 Å². The molecule has 6 heterocycles. The topological polar surface area (TPSA) is 163 Å². The molecule has 0 aliphatic carbocycles. The minimum Gasteiger partial charge on any atom is -0.457 e. The van der Waals surface area contributed by atoms with Gasteiger partial charge in [0.25, 0.3) is 0 Å². The van der Waals surface area contributed by atoms with Gasteiger partial charge in [-0.25, -0.2) is 15.0 Å². The molecule has 0 radical (unpaired) electrons. The molecule has 4 aromatic heterocycles. The van der Waals surface area contributed by atoms with Gasteiger partial charge in [0.1, 0.15) is 34.6 Å². The SMILES string of the molecule is CCN1CCN(Cc2ccc(Nc3nc4ccc(Oc5ccnc(CC(=O)CCN(C)C)c5)cc4n3C)cc2C)CC1.CCN1CCN(Cc2ccc(Nc3nc4ccc(Oc5ccnc(N)c5)cc4n3C)cc2C)CC1. The number of carbonyl (C=O) groups excluding carboxylic acids is 1. The predicted molar refractivity (Wildman–Crippen MR) is 310 cm³/mol. The number of nitrogens with two attached hydrogens (primary N) is 1. The second-order valence-electron chi connectivity index (χ2n) is 20.6. The number of nitrogen functional groups attached to an aromatic ring is 1. The number of imidazole rings is 2. The summed E-state index contributed by atoms with van der Waals surface area (Å²) in [5.74, 6) is 4.88. The highest BCUT2D eigenvalue weighted by atomic mass is 16.5. The van der Waals surface area contributed by atoms with E-state index in [4.69, 9.17) is 25.2 Å². The van der Waals surface area contributed by atoms with Crippen molar-refractivity contribution in [2.24, 2.45) is 14.1 Å². The van der Waals surface area contributed by atoms with E-state index < -0.39 is 0 Å². The van der Waals surface area contributed by atoms with Gasteiger partial charge in [0.2, 0.25) is 11.9 Å². The lowest BCUT2D eigenvalue weighted by atomic mass is 10.1. The highest BCUT2D eigenvalue weighted by molar-refractivity contribution is 5.83. The second-order valence-corrected chi connectivity index (χ2v) is 20.6. The van der Waals surface area contributed by atoms with Crippen molar-refractivity contribution in [2.45, 2.75) is 53.6 Å². The van der Waals surface area contributed by atoms with Crippen LogP contribution in [0.2, 0.25) is 0 Å². The minimum atomic E-state index is 0.167. The maximum absolute atomic E-state index is 12.3. The van der Waals surface area contributed by atoms with Crippen molar-refractivity contribution in [2.75, 3.05) is 102 Å². The van der Waals surface area contributed by atoms with Crippen LogP contribution in [0.1, 0.15) is 48.2 Å². The zero-order chi connectivity index (χ0) is 54.0. The van der Waals surface area contributed by atoms with E-state index in [0.29, 0.717) is 41.6 Å². The van der Waals surface area contributed by atoms with Crippen molar-refractivity contribution >= 4 is 56.9 Å². The van der Waals surface area contributed by atoms with Crippen LogP contribution in [0.25, 0.3) is 22.1 Å². The van der Waals surface area contributed by atoms with Crippen LogP contribution in [0, 0.1) is 13.8 Å². The van der Waals surface area contributed by atoms with E-state index >= 15 is 0 Å². The molecule has 0 amide bonds. The summed E-state index contributed by atoms with van der Waals surface area (Å²) in [6.45, 7) is 23.0. The smallest absolute Gasteiger partial charge is 0.208 e. The van der Waals surface area contributed by atoms with Crippen LogP contribution in [0.5, 0.6) is 23.0 Å². The number of nitrogens with one attached hydrogen (secondary N) is 2. The fourth-order valence-corrected chi connectivity index (χ4v) is 9.88. The summed E-state index contributed by atoms with van der Waals surface area (Å²) in [6, 6.07) is 32.0. The van der Waals surface area contributed by atoms with Crippen molar-refractivity contribution in [1.82, 2.24) is 53.6 Å². The van der Waals surface area contributed by atoms with Gasteiger partial charge in [-0.15, -0.1) is 0 Å². The molecule has 0 saturated carbocycles. The number of fused-ring (bicyclic) bond motifs is 2. The molecule has 2 saturated heterocycles. The Labute approximate surface area is 453 Å². The average Bonchev–Trinajstić information content (AvgIpc) is 3.90. The predicted octanol–water partition coefficient (Wildman–Crippen LogP) is 9.55. The Balaban J connectivity index is 0.000000191. The van der Waals surface area contributed by atoms with Crippen LogP contribution >= 0.6 is 0 Å². The van der Waals surface area contributed by atoms with Crippen molar-refractivity contribution in [3.63, 3.8) is 0 Å². The van der Waals surface area contributed by atoms with Gasteiger partial charge in [-0.2, -0.15) is 0 Å². The molecule has 2 aliphatic heterocycles. The molecule has 2 fully saturated rings. The molecule has 77 heavy (non-hydrogen) atoms. The third-order valence-electron chi connectivity index (χ3n) is 14.7. The molecule has 10 rings (SSSR count). The number of Topliss-reactive ketones (excluding diaryl/α,β-unsaturated/α-hetero) is 1. The number of benzene rings is 4. The van der Waals surface area contributed by atoms with Gasteiger partial charge in [-0.3, -0.25) is 19.6 Å². The number of ketones is 1. The Morgan fingerprint density at radius 1 is 0.584 bits per heavy atom. The number of aryl methyl sites for hydroxylation is 4. The third-order valence-corrected chi connectivity index (χ3v) is 14.7. The number of rotatable bonds is 19. The first kappa shape index (κ1) is 54.4. The molecule has 0 bridgehead atoms. The number of ether oxygens (including phenoxy) is 2. The Hall–Kier alpha value is -7.41. The van der Waals surface area contributed by atoms with Crippen LogP contribution in [-0.2, 0) is 38.4 Å². The van der Waals surface area contributed by atoms with E-state index in [1.54, 1.807) is 24.5 Å². The number of likely N-dealkylation sites (N-methyl/N-ethyl adjacent to an activating group) is 2. The molecular formula is C60H76N14O3. The summed E-state index contributed by atoms with van der Waals surface area (Å²) >= 11 is 0. The standard InChI is InChI=1S/C33H43N7O2.C27H33N7O/c1-6-39-15-17-40(18-16-39)23-25-7-8-26(19-24(25)2)35-33-36-31-10-9-29(22-32(31)38(33)5)42-30-11-13-34-27(21-30)20-28(41)12-14-37(3)4;1-4-33-11-13-34(14-12-33)18-20-5-6-21(15-19(20)2)30-27-31-24-8-7-22(16-25(24)32(27)3)35-23-9-10-29-26(28)17-23/h7-11,13,19,21-22H,6,12,14-18,20,23H2,1-5H3,(H,35,36);5-10,15-17H,4,11-14,18H2,1-3H3,(H2,28,29)(H,30,31). The minimum absolute atomic E-state index is 0.167. The van der Waals surface area contributed by atoms with E-state index in [2.05, 4.69) is 104 Å². The molecular weight excluding hydrogens is 965 g/mol. The molecule has 0 spiro atoms. The van der Waals surface area contributed by atoms with E-state index in [1.165, 1.54) is 22.3 Å². The zero-order valence-electron chi connectivity index (χ0n) is 46.2. The number of pyridine rings is 2. The van der Waals surface area contributed by atoms with Crippen LogP contribution in [0.4, 0.5) is 29.1 Å². The van der Waals surface area contributed by atoms with Crippen molar-refractivity contribution in [3.8, 4) is 23.0 Å². The highest BCUT2D eigenvalue weighted by Gasteiger charge is 2.19. The van der Waals surface area contributed by atoms with Crippen molar-refractivity contribution in [3.05, 3.63) is 137 Å². The van der Waals surface area contributed by atoms with Crippen molar-refractivity contribution in [1.29, 1.82) is 0 Å². The van der Waals surface area contributed by atoms with Crippen LogP contribution in [0.3, 0.4) is 0 Å². The van der Waals surface area contributed by atoms with Gasteiger partial charge >= 0.3 is 0 Å². The van der Waals surface area contributed by atoms with E-state index in [9.17, 15) is 4.79 Å². The number of piperazine rings is 2. The number of hydrogen-bond acceptors (Lipinski definition) is 15. The van der Waals surface area contributed by atoms with Gasteiger partial charge in [0.05, 0.1) is 27.8 Å². The molecule has 17 heteroatoms. The molecule has 4 aromatic carbocycles. The quantitative estimate of drug-likeness (QED) is 0.0701. The summed E-state index contributed by atoms with van der Waals surface area (Å²) in [5.41, 5.74) is 17.6. The lowest BCUT2D eigenvalue weighted by Gasteiger charge is -2.34. The highest BCUT2D eigenvalue weighted by Crippen LogP contribution is 2.31. The molecule has 0 unspecified atom stereocenters. The Bertz CT molecular complexity index is 3280. The van der Waals surface area contributed by atoms with Gasteiger partial charge in [0.15, 0.2) is 0 Å². The Morgan fingerprint density at radius 3 is 1.49 bits per heavy atom. The second kappa shape index (κ2) is 25.2. The first-order valence-electron chi connectivity index (χ1n) is 27.0. The molecule has 0 atom stereocenters. The number of anilines is 5. The molecule has 8 aromatic rings. The number of carbonyl (C=O) groups is 1. The largest absolute Gasteiger partial charge is 0.457 e. The first-order chi connectivity index (χ1) is 37.2.